The molecule has 0 amide bonds. The van der Waals surface area contributed by atoms with Gasteiger partial charge in [-0.05, 0) is 73.2 Å². The normalized spacial score (nSPS) is 19.4. The van der Waals surface area contributed by atoms with Crippen molar-refractivity contribution in [2.45, 2.75) is 36.7 Å². The molecule has 7 heteroatoms. The second-order valence-electron chi connectivity index (χ2n) is 6.86. The number of aryl methyl sites for hydroxylation is 2. The molecule has 2 aromatic carbocycles. The lowest BCUT2D eigenvalue weighted by atomic mass is 9.79. The zero-order valence-electron chi connectivity index (χ0n) is 15.8. The molecular weight excluding hydrogens is 366 g/mol. The molecule has 146 valence electrons. The third kappa shape index (κ3) is 3.95. The van der Waals surface area contributed by atoms with E-state index >= 15 is 0 Å². The number of rotatable bonds is 6. The van der Waals surface area contributed by atoms with Gasteiger partial charge in [0.15, 0.2) is 0 Å². The number of sulfonamides is 1. The lowest BCUT2D eigenvalue weighted by Crippen LogP contribution is -2.43. The highest BCUT2D eigenvalue weighted by atomic mass is 32.2. The maximum atomic E-state index is 12.8. The summed E-state index contributed by atoms with van der Waals surface area (Å²) in [6, 6.07) is 10.3. The average Bonchev–Trinajstić information content (AvgIpc) is 2.66. The standard InChI is InChI=1S/C20H25NO5S/c1-14-11-16(25-2)7-9-19(14)27(23,24)21-13-20(22)10-4-5-15-12-17(26-3)6-8-18(15)20/h6-9,11-12,21-22H,4-5,10,13H2,1-3H3. The van der Waals surface area contributed by atoms with Crippen LogP contribution in [0, 0.1) is 6.92 Å². The number of fused-ring (bicyclic) bond motifs is 1. The quantitative estimate of drug-likeness (QED) is 0.790. The van der Waals surface area contributed by atoms with Gasteiger partial charge in [-0.25, -0.2) is 13.1 Å². The lowest BCUT2D eigenvalue weighted by molar-refractivity contribution is 0.0242. The van der Waals surface area contributed by atoms with E-state index in [9.17, 15) is 13.5 Å². The van der Waals surface area contributed by atoms with E-state index in [0.717, 1.165) is 29.7 Å². The Hall–Kier alpha value is -2.09. The zero-order valence-corrected chi connectivity index (χ0v) is 16.6. The Bertz CT molecular complexity index is 941. The van der Waals surface area contributed by atoms with Gasteiger partial charge in [0, 0.05) is 6.54 Å². The minimum Gasteiger partial charge on any atom is -0.497 e. The number of aliphatic hydroxyl groups is 1. The molecule has 27 heavy (non-hydrogen) atoms. The Morgan fingerprint density at radius 2 is 1.78 bits per heavy atom. The van der Waals surface area contributed by atoms with Gasteiger partial charge >= 0.3 is 0 Å². The summed E-state index contributed by atoms with van der Waals surface area (Å²) >= 11 is 0. The molecule has 0 heterocycles. The molecule has 3 rings (SSSR count). The topological polar surface area (TPSA) is 84.9 Å². The zero-order chi connectivity index (χ0) is 19.7. The van der Waals surface area contributed by atoms with E-state index in [1.165, 1.54) is 13.2 Å². The minimum absolute atomic E-state index is 0.0832. The number of hydrogen-bond acceptors (Lipinski definition) is 5. The van der Waals surface area contributed by atoms with Crippen LogP contribution in [-0.2, 0) is 22.0 Å². The molecule has 0 aliphatic heterocycles. The molecule has 0 saturated carbocycles. The Balaban J connectivity index is 1.84. The predicted octanol–water partition coefficient (Wildman–Crippen LogP) is 2.51. The molecule has 0 spiro atoms. The maximum Gasteiger partial charge on any atom is 0.240 e. The van der Waals surface area contributed by atoms with Crippen molar-refractivity contribution >= 4 is 10.0 Å². The van der Waals surface area contributed by atoms with Gasteiger partial charge < -0.3 is 14.6 Å². The van der Waals surface area contributed by atoms with E-state index in [1.54, 1.807) is 32.2 Å². The van der Waals surface area contributed by atoms with Crippen molar-refractivity contribution in [2.75, 3.05) is 20.8 Å². The summed E-state index contributed by atoms with van der Waals surface area (Å²) < 4.78 is 38.5. The fraction of sp³-hybridized carbons (Fsp3) is 0.400. The lowest BCUT2D eigenvalue weighted by Gasteiger charge is -2.35. The van der Waals surface area contributed by atoms with Crippen molar-refractivity contribution in [1.29, 1.82) is 0 Å². The molecule has 0 aromatic heterocycles. The first-order chi connectivity index (χ1) is 12.8. The highest BCUT2D eigenvalue weighted by Gasteiger charge is 2.36. The van der Waals surface area contributed by atoms with Gasteiger partial charge in [-0.15, -0.1) is 0 Å². The van der Waals surface area contributed by atoms with Crippen LogP contribution in [-0.4, -0.2) is 34.3 Å². The van der Waals surface area contributed by atoms with Crippen molar-refractivity contribution in [3.8, 4) is 11.5 Å². The molecule has 0 bridgehead atoms. The van der Waals surface area contributed by atoms with Gasteiger partial charge in [0.2, 0.25) is 10.0 Å². The molecular formula is C20H25NO5S. The monoisotopic (exact) mass is 391 g/mol. The molecule has 0 saturated heterocycles. The molecule has 1 aliphatic rings. The van der Waals surface area contributed by atoms with Gasteiger partial charge in [0.1, 0.15) is 17.1 Å². The molecule has 2 N–H and O–H groups in total. The smallest absolute Gasteiger partial charge is 0.240 e. The summed E-state index contributed by atoms with van der Waals surface area (Å²) in [7, 11) is -0.626. The first kappa shape index (κ1) is 19.7. The number of ether oxygens (including phenoxy) is 2. The summed E-state index contributed by atoms with van der Waals surface area (Å²) in [6.07, 6.45) is 2.11. The Kier molecular flexibility index (Phi) is 5.46. The summed E-state index contributed by atoms with van der Waals surface area (Å²) in [5, 5.41) is 11.2. The van der Waals surface area contributed by atoms with Crippen LogP contribution < -0.4 is 14.2 Å². The van der Waals surface area contributed by atoms with Crippen LogP contribution in [0.5, 0.6) is 11.5 Å². The largest absolute Gasteiger partial charge is 0.497 e. The highest BCUT2D eigenvalue weighted by Crippen LogP contribution is 2.37. The second kappa shape index (κ2) is 7.50. The minimum atomic E-state index is -3.76. The Morgan fingerprint density at radius 1 is 1.11 bits per heavy atom. The number of methoxy groups -OCH3 is 2. The summed E-state index contributed by atoms with van der Waals surface area (Å²) in [5.74, 6) is 1.33. The third-order valence-corrected chi connectivity index (χ3v) is 6.64. The maximum absolute atomic E-state index is 12.8. The first-order valence-corrected chi connectivity index (χ1v) is 10.3. The van der Waals surface area contributed by atoms with Crippen molar-refractivity contribution in [2.24, 2.45) is 0 Å². The van der Waals surface area contributed by atoms with E-state index in [2.05, 4.69) is 4.72 Å². The average molecular weight is 391 g/mol. The summed E-state index contributed by atoms with van der Waals surface area (Å²) in [5.41, 5.74) is 1.09. The summed E-state index contributed by atoms with van der Waals surface area (Å²) in [6.45, 7) is 1.63. The van der Waals surface area contributed by atoms with Gasteiger partial charge in [0.05, 0.1) is 19.1 Å². The van der Waals surface area contributed by atoms with Crippen molar-refractivity contribution in [3.05, 3.63) is 53.1 Å². The number of hydrogen-bond donors (Lipinski definition) is 2. The Labute approximate surface area is 160 Å². The molecule has 2 aromatic rings. The van der Waals surface area contributed by atoms with E-state index in [4.69, 9.17) is 9.47 Å². The van der Waals surface area contributed by atoms with Gasteiger partial charge in [-0.2, -0.15) is 0 Å². The molecule has 0 fully saturated rings. The fourth-order valence-corrected chi connectivity index (χ4v) is 4.90. The van der Waals surface area contributed by atoms with E-state index in [-0.39, 0.29) is 11.4 Å². The molecule has 1 atom stereocenters. The van der Waals surface area contributed by atoms with Gasteiger partial charge in [-0.3, -0.25) is 0 Å². The van der Waals surface area contributed by atoms with E-state index < -0.39 is 15.6 Å². The van der Waals surface area contributed by atoms with Crippen molar-refractivity contribution < 1.29 is 23.0 Å². The SMILES string of the molecule is COc1ccc(S(=O)(=O)NCC2(O)CCCc3cc(OC)ccc32)c(C)c1. The van der Waals surface area contributed by atoms with Crippen LogP contribution >= 0.6 is 0 Å². The van der Waals surface area contributed by atoms with Crippen LogP contribution in [0.2, 0.25) is 0 Å². The van der Waals surface area contributed by atoms with Crippen LogP contribution in [0.1, 0.15) is 29.5 Å². The molecule has 1 unspecified atom stereocenters. The molecule has 1 aliphatic carbocycles. The molecule has 0 radical (unpaired) electrons. The third-order valence-electron chi connectivity index (χ3n) is 5.08. The highest BCUT2D eigenvalue weighted by molar-refractivity contribution is 7.89. The van der Waals surface area contributed by atoms with Crippen LogP contribution in [0.25, 0.3) is 0 Å². The van der Waals surface area contributed by atoms with E-state index in [0.29, 0.717) is 17.7 Å². The predicted molar refractivity (Wildman–Crippen MR) is 103 cm³/mol. The molecule has 6 nitrogen and oxygen atoms in total. The van der Waals surface area contributed by atoms with Crippen LogP contribution in [0.3, 0.4) is 0 Å². The van der Waals surface area contributed by atoms with Crippen LogP contribution in [0.4, 0.5) is 0 Å². The Morgan fingerprint density at radius 3 is 2.44 bits per heavy atom. The van der Waals surface area contributed by atoms with E-state index in [1.807, 2.05) is 12.1 Å². The van der Waals surface area contributed by atoms with Crippen LogP contribution in [0.15, 0.2) is 41.3 Å². The van der Waals surface area contributed by atoms with Gasteiger partial charge in [-0.1, -0.05) is 6.07 Å². The fourth-order valence-electron chi connectivity index (χ4n) is 3.59. The number of benzene rings is 2. The van der Waals surface area contributed by atoms with Crippen molar-refractivity contribution in [1.82, 2.24) is 4.72 Å². The first-order valence-electron chi connectivity index (χ1n) is 8.83. The second-order valence-corrected chi connectivity index (χ2v) is 8.60. The van der Waals surface area contributed by atoms with Gasteiger partial charge in [0.25, 0.3) is 0 Å². The summed E-state index contributed by atoms with van der Waals surface area (Å²) in [4.78, 5) is 0.178. The van der Waals surface area contributed by atoms with Crippen molar-refractivity contribution in [3.63, 3.8) is 0 Å². The number of nitrogens with one attached hydrogen (secondary N) is 1.